The van der Waals surface area contributed by atoms with Crippen molar-refractivity contribution < 1.29 is 0 Å². The minimum absolute atomic E-state index is 0.382. The summed E-state index contributed by atoms with van der Waals surface area (Å²) in [5, 5.41) is 7.68. The Labute approximate surface area is 99.5 Å². The molecule has 0 amide bonds. The van der Waals surface area contributed by atoms with Crippen LogP contribution in [0.4, 0.5) is 5.95 Å². The third kappa shape index (κ3) is 2.29. The van der Waals surface area contributed by atoms with E-state index < -0.39 is 0 Å². The Morgan fingerprint density at radius 2 is 2.38 bits per heavy atom. The number of nitrogens with one attached hydrogen (secondary N) is 1. The molecule has 0 saturated heterocycles. The minimum atomic E-state index is 0.382. The van der Waals surface area contributed by atoms with Gasteiger partial charge in [0.05, 0.1) is 0 Å². The minimum Gasteiger partial charge on any atom is -0.350 e. The van der Waals surface area contributed by atoms with Crippen molar-refractivity contribution in [2.75, 3.05) is 17.3 Å². The van der Waals surface area contributed by atoms with Gasteiger partial charge in [-0.1, -0.05) is 6.07 Å². The largest absolute Gasteiger partial charge is 0.350 e. The van der Waals surface area contributed by atoms with Crippen LogP contribution >= 0.6 is 11.8 Å². The van der Waals surface area contributed by atoms with Crippen LogP contribution in [0.3, 0.4) is 0 Å². The second-order valence-electron chi connectivity index (χ2n) is 3.90. The quantitative estimate of drug-likeness (QED) is 0.883. The smallest absolute Gasteiger partial charge is 0.243 e. The highest BCUT2D eigenvalue weighted by molar-refractivity contribution is 7.98. The van der Waals surface area contributed by atoms with Gasteiger partial charge in [-0.05, 0) is 31.7 Å². The number of hydrogen-bond acceptors (Lipinski definition) is 4. The van der Waals surface area contributed by atoms with Crippen LogP contribution in [0.15, 0.2) is 18.3 Å². The summed E-state index contributed by atoms with van der Waals surface area (Å²) in [6.45, 7) is 4.17. The molecule has 0 spiro atoms. The fourth-order valence-corrected chi connectivity index (χ4v) is 2.20. The highest BCUT2D eigenvalue weighted by Crippen LogP contribution is 2.11. The molecular formula is C11H16N4S. The summed E-state index contributed by atoms with van der Waals surface area (Å²) in [5.74, 6) is 1.75. The Morgan fingerprint density at radius 3 is 3.06 bits per heavy atom. The predicted molar refractivity (Wildman–Crippen MR) is 69.2 cm³/mol. The average Bonchev–Trinajstić information content (AvgIpc) is 2.62. The zero-order valence-electron chi connectivity index (χ0n) is 9.77. The van der Waals surface area contributed by atoms with Crippen LogP contribution in [0, 0.1) is 6.92 Å². The predicted octanol–water partition coefficient (Wildman–Crippen LogP) is 2.20. The lowest BCUT2D eigenvalue weighted by atomic mass is 10.3. The van der Waals surface area contributed by atoms with Gasteiger partial charge in [0.15, 0.2) is 5.65 Å². The molecule has 5 heteroatoms. The van der Waals surface area contributed by atoms with Crippen molar-refractivity contribution in [1.82, 2.24) is 14.6 Å². The molecule has 0 aliphatic rings. The van der Waals surface area contributed by atoms with Gasteiger partial charge in [-0.3, -0.25) is 0 Å². The molecule has 0 radical (unpaired) electrons. The highest BCUT2D eigenvalue weighted by Gasteiger charge is 2.07. The van der Waals surface area contributed by atoms with Crippen molar-refractivity contribution in [1.29, 1.82) is 0 Å². The van der Waals surface area contributed by atoms with Gasteiger partial charge in [0, 0.05) is 18.0 Å². The van der Waals surface area contributed by atoms with E-state index in [0.717, 1.165) is 17.0 Å². The number of anilines is 1. The molecule has 4 nitrogen and oxygen atoms in total. The van der Waals surface area contributed by atoms with Crippen molar-refractivity contribution in [3.8, 4) is 0 Å². The molecule has 16 heavy (non-hydrogen) atoms. The first-order chi connectivity index (χ1) is 7.70. The molecule has 1 unspecified atom stereocenters. The van der Waals surface area contributed by atoms with E-state index in [0.29, 0.717) is 12.0 Å². The van der Waals surface area contributed by atoms with Gasteiger partial charge in [0.1, 0.15) is 0 Å². The second-order valence-corrected chi connectivity index (χ2v) is 4.81. The third-order valence-corrected chi connectivity index (χ3v) is 3.18. The number of fused-ring (bicyclic) bond motifs is 1. The molecule has 0 bridgehead atoms. The van der Waals surface area contributed by atoms with E-state index in [1.54, 1.807) is 0 Å². The number of thioether (sulfide) groups is 1. The van der Waals surface area contributed by atoms with E-state index in [2.05, 4.69) is 28.6 Å². The van der Waals surface area contributed by atoms with Gasteiger partial charge >= 0.3 is 0 Å². The molecule has 2 heterocycles. The van der Waals surface area contributed by atoms with Crippen LogP contribution in [-0.2, 0) is 0 Å². The maximum atomic E-state index is 4.47. The Bertz CT molecular complexity index is 480. The van der Waals surface area contributed by atoms with Crippen molar-refractivity contribution in [3.63, 3.8) is 0 Å². The van der Waals surface area contributed by atoms with E-state index >= 15 is 0 Å². The summed E-state index contributed by atoms with van der Waals surface area (Å²) >= 11 is 1.81. The maximum Gasteiger partial charge on any atom is 0.243 e. The van der Waals surface area contributed by atoms with Crippen LogP contribution in [0.5, 0.6) is 0 Å². The fourth-order valence-electron chi connectivity index (χ4n) is 1.61. The molecular weight excluding hydrogens is 220 g/mol. The summed E-state index contributed by atoms with van der Waals surface area (Å²) in [4.78, 5) is 4.47. The molecule has 0 saturated carbocycles. The van der Waals surface area contributed by atoms with Crippen molar-refractivity contribution >= 4 is 23.4 Å². The summed E-state index contributed by atoms with van der Waals surface area (Å²) in [7, 11) is 0. The van der Waals surface area contributed by atoms with E-state index in [1.807, 2.05) is 41.5 Å². The van der Waals surface area contributed by atoms with Crippen molar-refractivity contribution in [2.24, 2.45) is 0 Å². The van der Waals surface area contributed by atoms with Gasteiger partial charge in [-0.25, -0.2) is 4.52 Å². The number of aryl methyl sites for hydroxylation is 1. The molecule has 0 aromatic carbocycles. The summed E-state index contributed by atoms with van der Waals surface area (Å²) in [5.41, 5.74) is 2.06. The molecule has 0 aliphatic heterocycles. The number of aromatic nitrogens is 3. The normalized spacial score (nSPS) is 12.9. The number of hydrogen-bond donors (Lipinski definition) is 1. The van der Waals surface area contributed by atoms with E-state index in [9.17, 15) is 0 Å². The first kappa shape index (κ1) is 11.3. The van der Waals surface area contributed by atoms with Gasteiger partial charge in [-0.15, -0.1) is 5.10 Å². The monoisotopic (exact) mass is 236 g/mol. The number of nitrogens with zero attached hydrogens (tertiary/aromatic N) is 3. The molecule has 0 fully saturated rings. The first-order valence-corrected chi connectivity index (χ1v) is 6.67. The molecule has 2 aromatic rings. The Morgan fingerprint density at radius 1 is 1.56 bits per heavy atom. The maximum absolute atomic E-state index is 4.47. The van der Waals surface area contributed by atoms with Gasteiger partial charge < -0.3 is 5.32 Å². The Kier molecular flexibility index (Phi) is 3.33. The van der Waals surface area contributed by atoms with Gasteiger partial charge in [0.25, 0.3) is 0 Å². The van der Waals surface area contributed by atoms with Crippen LogP contribution in [-0.4, -0.2) is 32.6 Å². The zero-order valence-corrected chi connectivity index (χ0v) is 10.6. The lowest BCUT2D eigenvalue weighted by molar-refractivity contribution is 0.875. The van der Waals surface area contributed by atoms with Crippen LogP contribution in [0.1, 0.15) is 12.5 Å². The topological polar surface area (TPSA) is 42.2 Å². The van der Waals surface area contributed by atoms with Crippen LogP contribution < -0.4 is 5.32 Å². The van der Waals surface area contributed by atoms with Crippen molar-refractivity contribution in [3.05, 3.63) is 23.9 Å². The van der Waals surface area contributed by atoms with Crippen LogP contribution in [0.25, 0.3) is 5.65 Å². The summed E-state index contributed by atoms with van der Waals surface area (Å²) in [6, 6.07) is 4.40. The first-order valence-electron chi connectivity index (χ1n) is 5.28. The third-order valence-electron chi connectivity index (χ3n) is 2.35. The van der Waals surface area contributed by atoms with Gasteiger partial charge in [0.2, 0.25) is 5.95 Å². The molecule has 86 valence electrons. The lowest BCUT2D eigenvalue weighted by Crippen LogP contribution is -2.18. The number of pyridine rings is 1. The lowest BCUT2D eigenvalue weighted by Gasteiger charge is -2.09. The van der Waals surface area contributed by atoms with Gasteiger partial charge in [-0.2, -0.15) is 16.7 Å². The Hall–Kier alpha value is -1.23. The molecule has 1 N–H and O–H groups in total. The van der Waals surface area contributed by atoms with E-state index in [-0.39, 0.29) is 0 Å². The highest BCUT2D eigenvalue weighted by atomic mass is 32.2. The second kappa shape index (κ2) is 4.74. The average molecular weight is 236 g/mol. The standard InChI is InChI=1S/C11H16N4S/c1-8-5-4-6-15-10(8)13-11(14-15)12-9(2)7-16-3/h4-6,9H,7H2,1-3H3,(H,12,14). The summed E-state index contributed by atoms with van der Waals surface area (Å²) in [6.07, 6.45) is 4.01. The zero-order chi connectivity index (χ0) is 11.5. The van der Waals surface area contributed by atoms with Crippen molar-refractivity contribution in [2.45, 2.75) is 19.9 Å². The SMILES string of the molecule is CSCC(C)Nc1nc2c(C)cccn2n1. The molecule has 0 aliphatic carbocycles. The van der Waals surface area contributed by atoms with E-state index in [4.69, 9.17) is 0 Å². The fraction of sp³-hybridized carbons (Fsp3) is 0.455. The van der Waals surface area contributed by atoms with Crippen LogP contribution in [0.2, 0.25) is 0 Å². The number of rotatable bonds is 4. The molecule has 1 atom stereocenters. The Balaban J connectivity index is 2.23. The molecule has 2 aromatic heterocycles. The van der Waals surface area contributed by atoms with E-state index in [1.165, 1.54) is 0 Å². The molecule has 2 rings (SSSR count). The summed E-state index contributed by atoms with van der Waals surface area (Å²) < 4.78 is 1.81.